The van der Waals surface area contributed by atoms with Crippen LogP contribution in [0.1, 0.15) is 40.5 Å². The highest BCUT2D eigenvalue weighted by Crippen LogP contribution is 2.25. The van der Waals surface area contributed by atoms with Crippen molar-refractivity contribution in [3.8, 4) is 0 Å². The smallest absolute Gasteiger partial charge is 0.410 e. The van der Waals surface area contributed by atoms with Crippen LogP contribution in [0.2, 0.25) is 0 Å². The summed E-state index contributed by atoms with van der Waals surface area (Å²) >= 11 is 0. The van der Waals surface area contributed by atoms with E-state index in [0.29, 0.717) is 19.0 Å². The quantitative estimate of drug-likeness (QED) is 0.800. The lowest BCUT2D eigenvalue weighted by atomic mass is 9.91. The Morgan fingerprint density at radius 1 is 1.53 bits per heavy atom. The molecule has 0 aromatic heterocycles. The molecule has 1 fully saturated rings. The van der Waals surface area contributed by atoms with Crippen LogP contribution in [0.4, 0.5) is 4.79 Å². The Hall–Kier alpha value is -0.810. The molecule has 1 saturated heterocycles. The second kappa shape index (κ2) is 6.57. The first kappa shape index (κ1) is 16.2. The van der Waals surface area contributed by atoms with Crippen molar-refractivity contribution < 1.29 is 14.6 Å². The predicted molar refractivity (Wildman–Crippen MR) is 74.8 cm³/mol. The molecule has 1 amide bonds. The van der Waals surface area contributed by atoms with E-state index in [4.69, 9.17) is 10.5 Å². The molecule has 5 nitrogen and oxygen atoms in total. The third-order valence-corrected chi connectivity index (χ3v) is 3.49. The summed E-state index contributed by atoms with van der Waals surface area (Å²) in [5.41, 5.74) is 5.05. The third kappa shape index (κ3) is 5.37. The summed E-state index contributed by atoms with van der Waals surface area (Å²) in [6.45, 7) is 9.17. The monoisotopic (exact) mass is 272 g/mol. The van der Waals surface area contributed by atoms with E-state index in [2.05, 4.69) is 6.92 Å². The molecular formula is C14H28N2O3. The van der Waals surface area contributed by atoms with Gasteiger partial charge in [-0.15, -0.1) is 0 Å². The number of nitrogens with zero attached hydrogens (tertiary/aromatic N) is 1. The number of amides is 1. The first-order chi connectivity index (χ1) is 8.73. The molecule has 1 aliphatic rings. The number of ether oxygens (including phenoxy) is 1. The SMILES string of the molecule is CC1CCN(C(=O)OC(C)(C)C)CC(C(O)CN)C1. The van der Waals surface area contributed by atoms with Crippen molar-refractivity contribution in [2.45, 2.75) is 52.2 Å². The van der Waals surface area contributed by atoms with Crippen molar-refractivity contribution in [2.75, 3.05) is 19.6 Å². The van der Waals surface area contributed by atoms with E-state index in [1.54, 1.807) is 4.90 Å². The maximum atomic E-state index is 12.1. The molecule has 3 unspecified atom stereocenters. The highest BCUT2D eigenvalue weighted by Gasteiger charge is 2.31. The van der Waals surface area contributed by atoms with Gasteiger partial charge >= 0.3 is 6.09 Å². The molecule has 1 aliphatic heterocycles. The van der Waals surface area contributed by atoms with Gasteiger partial charge in [0, 0.05) is 25.6 Å². The van der Waals surface area contributed by atoms with Crippen LogP contribution >= 0.6 is 0 Å². The van der Waals surface area contributed by atoms with E-state index in [9.17, 15) is 9.90 Å². The molecule has 5 heteroatoms. The van der Waals surface area contributed by atoms with E-state index in [0.717, 1.165) is 12.8 Å². The molecule has 3 N–H and O–H groups in total. The Balaban J connectivity index is 2.69. The maximum Gasteiger partial charge on any atom is 0.410 e. The number of carbonyl (C=O) groups excluding carboxylic acids is 1. The Kier molecular flexibility index (Phi) is 5.62. The van der Waals surface area contributed by atoms with Crippen LogP contribution in [-0.4, -0.2) is 47.4 Å². The molecule has 0 aromatic rings. The fourth-order valence-electron chi connectivity index (χ4n) is 2.42. The van der Waals surface area contributed by atoms with E-state index < -0.39 is 11.7 Å². The van der Waals surface area contributed by atoms with Crippen molar-refractivity contribution in [2.24, 2.45) is 17.6 Å². The van der Waals surface area contributed by atoms with Crippen LogP contribution < -0.4 is 5.73 Å². The Labute approximate surface area is 116 Å². The van der Waals surface area contributed by atoms with Crippen molar-refractivity contribution >= 4 is 6.09 Å². The number of carbonyl (C=O) groups is 1. The summed E-state index contributed by atoms with van der Waals surface area (Å²) in [5.74, 6) is 0.522. The minimum Gasteiger partial charge on any atom is -0.444 e. The molecule has 19 heavy (non-hydrogen) atoms. The zero-order chi connectivity index (χ0) is 14.6. The number of aliphatic hydroxyl groups is 1. The fourth-order valence-corrected chi connectivity index (χ4v) is 2.42. The molecular weight excluding hydrogens is 244 g/mol. The van der Waals surface area contributed by atoms with Crippen LogP contribution in [-0.2, 0) is 4.74 Å². The van der Waals surface area contributed by atoms with Gasteiger partial charge in [0.1, 0.15) is 5.60 Å². The van der Waals surface area contributed by atoms with Gasteiger partial charge < -0.3 is 20.5 Å². The predicted octanol–water partition coefficient (Wildman–Crippen LogP) is 1.59. The molecule has 0 aromatic carbocycles. The zero-order valence-electron chi connectivity index (χ0n) is 12.6. The lowest BCUT2D eigenvalue weighted by Crippen LogP contribution is -2.42. The largest absolute Gasteiger partial charge is 0.444 e. The molecule has 0 spiro atoms. The molecule has 3 atom stereocenters. The molecule has 1 heterocycles. The van der Waals surface area contributed by atoms with Crippen LogP contribution in [0.15, 0.2) is 0 Å². The number of hydrogen-bond donors (Lipinski definition) is 2. The lowest BCUT2D eigenvalue weighted by molar-refractivity contribution is 0.0173. The van der Waals surface area contributed by atoms with Crippen molar-refractivity contribution in [3.05, 3.63) is 0 Å². The average molecular weight is 272 g/mol. The van der Waals surface area contributed by atoms with Gasteiger partial charge in [0.25, 0.3) is 0 Å². The second-order valence-corrected chi connectivity index (χ2v) is 6.62. The van der Waals surface area contributed by atoms with Crippen molar-refractivity contribution in [1.29, 1.82) is 0 Å². The van der Waals surface area contributed by atoms with Crippen LogP contribution in [0.5, 0.6) is 0 Å². The minimum atomic E-state index is -0.550. The van der Waals surface area contributed by atoms with Crippen LogP contribution in [0.25, 0.3) is 0 Å². The summed E-state index contributed by atoms with van der Waals surface area (Å²) in [5, 5.41) is 9.95. The summed E-state index contributed by atoms with van der Waals surface area (Å²) < 4.78 is 5.40. The highest BCUT2D eigenvalue weighted by atomic mass is 16.6. The third-order valence-electron chi connectivity index (χ3n) is 3.49. The first-order valence-electron chi connectivity index (χ1n) is 7.09. The molecule has 0 bridgehead atoms. The van der Waals surface area contributed by atoms with Crippen molar-refractivity contribution in [3.63, 3.8) is 0 Å². The Morgan fingerprint density at radius 2 is 2.16 bits per heavy atom. The van der Waals surface area contributed by atoms with Crippen molar-refractivity contribution in [1.82, 2.24) is 4.90 Å². The van der Waals surface area contributed by atoms with E-state index in [1.165, 1.54) is 0 Å². The maximum absolute atomic E-state index is 12.1. The van der Waals surface area contributed by atoms with Crippen LogP contribution in [0, 0.1) is 11.8 Å². The molecule has 0 saturated carbocycles. The second-order valence-electron chi connectivity index (χ2n) is 6.62. The lowest BCUT2D eigenvalue weighted by Gasteiger charge is -2.29. The van der Waals surface area contributed by atoms with Gasteiger partial charge in [-0.05, 0) is 39.5 Å². The average Bonchev–Trinajstić information content (AvgIpc) is 2.48. The molecule has 0 radical (unpaired) electrons. The topological polar surface area (TPSA) is 75.8 Å². The number of rotatable bonds is 2. The standard InChI is InChI=1S/C14H28N2O3/c1-10-5-6-16(13(18)19-14(2,3)4)9-11(7-10)12(17)8-15/h10-12,17H,5-9,15H2,1-4H3. The van der Waals surface area contributed by atoms with E-state index in [-0.39, 0.29) is 18.6 Å². The number of hydrogen-bond acceptors (Lipinski definition) is 4. The van der Waals surface area contributed by atoms with Gasteiger partial charge in [-0.2, -0.15) is 0 Å². The molecule has 0 aliphatic carbocycles. The number of aliphatic hydroxyl groups excluding tert-OH is 1. The van der Waals surface area contributed by atoms with Gasteiger partial charge in [0.2, 0.25) is 0 Å². The molecule has 1 rings (SSSR count). The summed E-state index contributed by atoms with van der Waals surface area (Å²) in [7, 11) is 0. The Bertz CT molecular complexity index is 302. The fraction of sp³-hybridized carbons (Fsp3) is 0.929. The number of nitrogens with two attached hydrogens (primary N) is 1. The number of likely N-dealkylation sites (tertiary alicyclic amines) is 1. The van der Waals surface area contributed by atoms with Gasteiger partial charge in [0.15, 0.2) is 0 Å². The summed E-state index contributed by atoms with van der Waals surface area (Å²) in [6, 6.07) is 0. The first-order valence-corrected chi connectivity index (χ1v) is 7.09. The van der Waals surface area contributed by atoms with E-state index in [1.807, 2.05) is 20.8 Å². The van der Waals surface area contributed by atoms with Gasteiger partial charge in [-0.1, -0.05) is 6.92 Å². The summed E-state index contributed by atoms with van der Waals surface area (Å²) in [4.78, 5) is 13.8. The van der Waals surface area contributed by atoms with Crippen LogP contribution in [0.3, 0.4) is 0 Å². The van der Waals surface area contributed by atoms with E-state index >= 15 is 0 Å². The highest BCUT2D eigenvalue weighted by molar-refractivity contribution is 5.68. The van der Waals surface area contributed by atoms with Gasteiger partial charge in [-0.3, -0.25) is 0 Å². The normalized spacial score (nSPS) is 26.7. The van der Waals surface area contributed by atoms with Gasteiger partial charge in [-0.25, -0.2) is 4.79 Å². The summed E-state index contributed by atoms with van der Waals surface area (Å²) in [6.07, 6.45) is 0.992. The Morgan fingerprint density at radius 3 is 2.68 bits per heavy atom. The van der Waals surface area contributed by atoms with Gasteiger partial charge in [0.05, 0.1) is 6.10 Å². The molecule has 112 valence electrons. The minimum absolute atomic E-state index is 0.0371. The zero-order valence-corrected chi connectivity index (χ0v) is 12.6.